The highest BCUT2D eigenvalue weighted by molar-refractivity contribution is 5.13. The third-order valence-corrected chi connectivity index (χ3v) is 1.75. The molecule has 0 atom stereocenters. The average molecular weight is 194 g/mol. The van der Waals surface area contributed by atoms with Crippen molar-refractivity contribution < 1.29 is 4.74 Å². The molecule has 78 valence electrons. The third-order valence-electron chi connectivity index (χ3n) is 1.75. The van der Waals surface area contributed by atoms with E-state index in [4.69, 9.17) is 4.74 Å². The van der Waals surface area contributed by atoms with Crippen molar-refractivity contribution in [2.75, 3.05) is 6.61 Å². The van der Waals surface area contributed by atoms with E-state index >= 15 is 0 Å². The molecular weight excluding hydrogens is 176 g/mol. The summed E-state index contributed by atoms with van der Waals surface area (Å²) in [7, 11) is 0. The summed E-state index contributed by atoms with van der Waals surface area (Å²) in [4.78, 5) is 8.44. The van der Waals surface area contributed by atoms with E-state index in [1.807, 2.05) is 0 Å². The molecule has 0 aliphatic rings. The standard InChI is InChI=1S/C11H18N2O/c1-8(2)7-14-10-5-12-11(9(3)4)13-6-10/h5-6,8-9H,7H2,1-4H3. The molecule has 0 saturated heterocycles. The van der Waals surface area contributed by atoms with Gasteiger partial charge in [0.1, 0.15) is 5.82 Å². The van der Waals surface area contributed by atoms with Gasteiger partial charge in [-0.2, -0.15) is 0 Å². The summed E-state index contributed by atoms with van der Waals surface area (Å²) < 4.78 is 5.48. The number of aromatic nitrogens is 2. The lowest BCUT2D eigenvalue weighted by Gasteiger charge is -2.08. The molecule has 0 amide bonds. The van der Waals surface area contributed by atoms with Crippen molar-refractivity contribution in [1.29, 1.82) is 0 Å². The summed E-state index contributed by atoms with van der Waals surface area (Å²) in [5, 5.41) is 0. The minimum atomic E-state index is 0.370. The Bertz CT molecular complexity index is 267. The van der Waals surface area contributed by atoms with Crippen LogP contribution in [-0.2, 0) is 0 Å². The fourth-order valence-electron chi connectivity index (χ4n) is 0.962. The van der Waals surface area contributed by atoms with Crippen LogP contribution in [0.4, 0.5) is 0 Å². The van der Waals surface area contributed by atoms with Gasteiger partial charge in [-0.15, -0.1) is 0 Å². The number of hydrogen-bond acceptors (Lipinski definition) is 3. The van der Waals surface area contributed by atoms with Crippen molar-refractivity contribution in [3.05, 3.63) is 18.2 Å². The van der Waals surface area contributed by atoms with E-state index in [0.717, 1.165) is 11.6 Å². The molecule has 0 radical (unpaired) electrons. The van der Waals surface area contributed by atoms with Gasteiger partial charge in [0.2, 0.25) is 0 Å². The highest BCUT2D eigenvalue weighted by Gasteiger charge is 2.03. The normalized spacial score (nSPS) is 11.0. The SMILES string of the molecule is CC(C)COc1cnc(C(C)C)nc1. The van der Waals surface area contributed by atoms with Crippen molar-refractivity contribution in [3.8, 4) is 5.75 Å². The molecule has 1 aromatic rings. The molecule has 0 aliphatic heterocycles. The largest absolute Gasteiger partial charge is 0.490 e. The molecule has 3 nitrogen and oxygen atoms in total. The van der Waals surface area contributed by atoms with Gasteiger partial charge in [0.05, 0.1) is 19.0 Å². The highest BCUT2D eigenvalue weighted by atomic mass is 16.5. The van der Waals surface area contributed by atoms with Gasteiger partial charge < -0.3 is 4.74 Å². The van der Waals surface area contributed by atoms with E-state index in [9.17, 15) is 0 Å². The number of rotatable bonds is 4. The van der Waals surface area contributed by atoms with E-state index in [1.165, 1.54) is 0 Å². The van der Waals surface area contributed by atoms with E-state index < -0.39 is 0 Å². The first-order chi connectivity index (χ1) is 6.59. The fraction of sp³-hybridized carbons (Fsp3) is 0.636. The number of ether oxygens (including phenoxy) is 1. The van der Waals surface area contributed by atoms with Crippen molar-refractivity contribution >= 4 is 0 Å². The minimum Gasteiger partial charge on any atom is -0.490 e. The monoisotopic (exact) mass is 194 g/mol. The number of nitrogens with zero attached hydrogens (tertiary/aromatic N) is 2. The molecule has 1 rings (SSSR count). The molecule has 0 aromatic carbocycles. The van der Waals surface area contributed by atoms with Gasteiger partial charge >= 0.3 is 0 Å². The van der Waals surface area contributed by atoms with Crippen LogP contribution in [0.2, 0.25) is 0 Å². The summed E-state index contributed by atoms with van der Waals surface area (Å²) in [6.45, 7) is 9.09. The van der Waals surface area contributed by atoms with E-state index in [2.05, 4.69) is 37.7 Å². The third kappa shape index (κ3) is 3.32. The van der Waals surface area contributed by atoms with Crippen LogP contribution < -0.4 is 4.74 Å². The van der Waals surface area contributed by atoms with Crippen LogP contribution in [0.15, 0.2) is 12.4 Å². The molecule has 0 bridgehead atoms. The molecule has 0 fully saturated rings. The minimum absolute atomic E-state index is 0.370. The van der Waals surface area contributed by atoms with Crippen molar-refractivity contribution in [2.45, 2.75) is 33.6 Å². The Hall–Kier alpha value is -1.12. The van der Waals surface area contributed by atoms with Gasteiger partial charge in [-0.05, 0) is 5.92 Å². The average Bonchev–Trinajstić information content (AvgIpc) is 2.15. The Morgan fingerprint density at radius 3 is 2.14 bits per heavy atom. The zero-order valence-electron chi connectivity index (χ0n) is 9.32. The molecule has 1 heterocycles. The van der Waals surface area contributed by atoms with Gasteiger partial charge in [-0.25, -0.2) is 9.97 Å². The van der Waals surface area contributed by atoms with Crippen molar-refractivity contribution in [3.63, 3.8) is 0 Å². The highest BCUT2D eigenvalue weighted by Crippen LogP contribution is 2.12. The van der Waals surface area contributed by atoms with Crippen LogP contribution in [0.3, 0.4) is 0 Å². The van der Waals surface area contributed by atoms with Crippen LogP contribution in [-0.4, -0.2) is 16.6 Å². The summed E-state index contributed by atoms with van der Waals surface area (Å²) in [6.07, 6.45) is 3.48. The molecule has 14 heavy (non-hydrogen) atoms. The lowest BCUT2D eigenvalue weighted by Crippen LogP contribution is -2.06. The molecule has 1 aromatic heterocycles. The molecule has 3 heteroatoms. The topological polar surface area (TPSA) is 35.0 Å². The van der Waals surface area contributed by atoms with Gasteiger partial charge in [0.15, 0.2) is 5.75 Å². The van der Waals surface area contributed by atoms with Gasteiger partial charge in [-0.1, -0.05) is 27.7 Å². The summed E-state index contributed by atoms with van der Waals surface area (Å²) in [5.41, 5.74) is 0. The maximum Gasteiger partial charge on any atom is 0.155 e. The van der Waals surface area contributed by atoms with Crippen LogP contribution in [0.1, 0.15) is 39.4 Å². The predicted octanol–water partition coefficient (Wildman–Crippen LogP) is 2.63. The zero-order valence-corrected chi connectivity index (χ0v) is 9.32. The summed E-state index contributed by atoms with van der Waals surface area (Å²) in [5.74, 6) is 2.51. The molecular formula is C11H18N2O. The fourth-order valence-corrected chi connectivity index (χ4v) is 0.962. The maximum atomic E-state index is 5.48. The summed E-state index contributed by atoms with van der Waals surface area (Å²) >= 11 is 0. The molecule has 0 saturated carbocycles. The second-order valence-corrected chi connectivity index (χ2v) is 4.14. The van der Waals surface area contributed by atoms with Crippen LogP contribution in [0.5, 0.6) is 5.75 Å². The Balaban J connectivity index is 2.55. The molecule has 0 aliphatic carbocycles. The van der Waals surface area contributed by atoms with E-state index in [0.29, 0.717) is 18.4 Å². The Labute approximate surface area is 85.5 Å². The van der Waals surface area contributed by atoms with Gasteiger partial charge in [0, 0.05) is 5.92 Å². The van der Waals surface area contributed by atoms with Gasteiger partial charge in [0.25, 0.3) is 0 Å². The zero-order chi connectivity index (χ0) is 10.6. The smallest absolute Gasteiger partial charge is 0.155 e. The lowest BCUT2D eigenvalue weighted by atomic mass is 10.2. The van der Waals surface area contributed by atoms with Crippen LogP contribution >= 0.6 is 0 Å². The second-order valence-electron chi connectivity index (χ2n) is 4.14. The van der Waals surface area contributed by atoms with Crippen LogP contribution in [0.25, 0.3) is 0 Å². The number of hydrogen-bond donors (Lipinski definition) is 0. The molecule has 0 unspecified atom stereocenters. The second kappa shape index (κ2) is 4.94. The maximum absolute atomic E-state index is 5.48. The van der Waals surface area contributed by atoms with Crippen LogP contribution in [0, 0.1) is 5.92 Å². The van der Waals surface area contributed by atoms with Crippen molar-refractivity contribution in [1.82, 2.24) is 9.97 Å². The molecule has 0 spiro atoms. The first kappa shape index (κ1) is 11.0. The summed E-state index contributed by atoms with van der Waals surface area (Å²) in [6, 6.07) is 0. The Kier molecular flexibility index (Phi) is 3.86. The lowest BCUT2D eigenvalue weighted by molar-refractivity contribution is 0.268. The predicted molar refractivity (Wildman–Crippen MR) is 56.5 cm³/mol. The first-order valence-corrected chi connectivity index (χ1v) is 5.04. The van der Waals surface area contributed by atoms with E-state index in [1.54, 1.807) is 12.4 Å². The quantitative estimate of drug-likeness (QED) is 0.739. The Morgan fingerprint density at radius 2 is 1.71 bits per heavy atom. The Morgan fingerprint density at radius 1 is 1.14 bits per heavy atom. The molecule has 0 N–H and O–H groups in total. The van der Waals surface area contributed by atoms with Crippen molar-refractivity contribution in [2.24, 2.45) is 5.92 Å². The van der Waals surface area contributed by atoms with E-state index in [-0.39, 0.29) is 0 Å². The first-order valence-electron chi connectivity index (χ1n) is 5.04. The van der Waals surface area contributed by atoms with Gasteiger partial charge in [-0.3, -0.25) is 0 Å².